The van der Waals surface area contributed by atoms with Gasteiger partial charge in [0.1, 0.15) is 12.6 Å². The van der Waals surface area contributed by atoms with E-state index in [1.807, 2.05) is 52.0 Å². The zero-order valence-electron chi connectivity index (χ0n) is 22.1. The molecule has 38 heavy (non-hydrogen) atoms. The van der Waals surface area contributed by atoms with E-state index in [9.17, 15) is 18.0 Å². The van der Waals surface area contributed by atoms with Gasteiger partial charge in [0.05, 0.1) is 10.6 Å². The van der Waals surface area contributed by atoms with Crippen LogP contribution < -0.4 is 9.62 Å². The molecule has 0 radical (unpaired) electrons. The van der Waals surface area contributed by atoms with Gasteiger partial charge in [-0.2, -0.15) is 0 Å². The number of anilines is 1. The van der Waals surface area contributed by atoms with E-state index in [1.54, 1.807) is 42.5 Å². The van der Waals surface area contributed by atoms with Gasteiger partial charge in [-0.3, -0.25) is 13.9 Å². The Labute approximate surface area is 234 Å². The Morgan fingerprint density at radius 2 is 1.63 bits per heavy atom. The second-order valence-corrected chi connectivity index (χ2v) is 12.2. The molecular weight excluding hydrogens is 566 g/mol. The van der Waals surface area contributed by atoms with Crippen LogP contribution in [0.25, 0.3) is 0 Å². The first-order valence-corrected chi connectivity index (χ1v) is 14.7. The summed E-state index contributed by atoms with van der Waals surface area (Å²) < 4.78 is 29.3. The van der Waals surface area contributed by atoms with Crippen molar-refractivity contribution in [1.29, 1.82) is 0 Å². The Hall–Kier alpha value is -3.17. The van der Waals surface area contributed by atoms with Crippen LogP contribution in [0.15, 0.2) is 88.2 Å². The van der Waals surface area contributed by atoms with Crippen LogP contribution >= 0.6 is 15.9 Å². The average Bonchev–Trinajstić information content (AvgIpc) is 2.87. The summed E-state index contributed by atoms with van der Waals surface area (Å²) in [6, 6.07) is 21.6. The third-order valence-electron chi connectivity index (χ3n) is 5.96. The van der Waals surface area contributed by atoms with Crippen molar-refractivity contribution >= 4 is 43.5 Å². The van der Waals surface area contributed by atoms with Gasteiger partial charge in [-0.25, -0.2) is 8.42 Å². The molecular formula is C29H34BrN3O4S. The van der Waals surface area contributed by atoms with Gasteiger partial charge in [0, 0.05) is 17.1 Å². The van der Waals surface area contributed by atoms with E-state index < -0.39 is 28.5 Å². The fraction of sp³-hybridized carbons (Fsp3) is 0.310. The number of carbonyl (C=O) groups excluding carboxylic acids is 2. The van der Waals surface area contributed by atoms with Crippen molar-refractivity contribution in [1.82, 2.24) is 10.2 Å². The van der Waals surface area contributed by atoms with Crippen LogP contribution in [-0.4, -0.2) is 43.8 Å². The first-order chi connectivity index (χ1) is 18.0. The average molecular weight is 601 g/mol. The first kappa shape index (κ1) is 29.4. The maximum atomic E-state index is 14.0. The topological polar surface area (TPSA) is 86.8 Å². The molecule has 3 rings (SSSR count). The van der Waals surface area contributed by atoms with E-state index in [2.05, 4.69) is 21.2 Å². The fourth-order valence-electron chi connectivity index (χ4n) is 4.19. The van der Waals surface area contributed by atoms with Gasteiger partial charge in [-0.05, 0) is 63.1 Å². The van der Waals surface area contributed by atoms with Crippen molar-refractivity contribution in [3.05, 3.63) is 94.5 Å². The summed E-state index contributed by atoms with van der Waals surface area (Å²) in [6.45, 7) is 7.22. The number of aryl methyl sites for hydroxylation is 1. The van der Waals surface area contributed by atoms with Crippen LogP contribution in [0.3, 0.4) is 0 Å². The quantitative estimate of drug-likeness (QED) is 0.324. The largest absolute Gasteiger partial charge is 0.352 e. The Kier molecular flexibility index (Phi) is 10.1. The molecule has 0 saturated carbocycles. The molecule has 1 atom stereocenters. The van der Waals surface area contributed by atoms with Gasteiger partial charge in [0.2, 0.25) is 11.8 Å². The standard InChI is InChI=1S/C29H34BrN3O4S/c1-5-27(29(35)31-21(2)3)32(19-23-12-9-11-22(4)17-23)28(34)20-33(25-14-10-13-24(30)18-25)38(36,37)26-15-7-6-8-16-26/h6-18,21,27H,5,19-20H2,1-4H3,(H,31,35). The van der Waals surface area contributed by atoms with Crippen LogP contribution in [0, 0.1) is 6.92 Å². The molecule has 0 aliphatic rings. The smallest absolute Gasteiger partial charge is 0.264 e. The zero-order chi connectivity index (χ0) is 27.9. The summed E-state index contributed by atoms with van der Waals surface area (Å²) in [6.07, 6.45) is 0.373. The number of carbonyl (C=O) groups is 2. The third-order valence-corrected chi connectivity index (χ3v) is 8.24. The van der Waals surface area contributed by atoms with Gasteiger partial charge < -0.3 is 10.2 Å². The number of benzene rings is 3. The van der Waals surface area contributed by atoms with Crippen molar-refractivity contribution in [2.75, 3.05) is 10.8 Å². The van der Waals surface area contributed by atoms with E-state index in [0.29, 0.717) is 16.6 Å². The summed E-state index contributed by atoms with van der Waals surface area (Å²) in [5.74, 6) is -0.750. The Bertz CT molecular complexity index is 1360. The molecule has 3 aromatic carbocycles. The highest BCUT2D eigenvalue weighted by molar-refractivity contribution is 9.10. The molecule has 0 aliphatic carbocycles. The van der Waals surface area contributed by atoms with Gasteiger partial charge in [0.15, 0.2) is 0 Å². The number of hydrogen-bond donors (Lipinski definition) is 1. The maximum Gasteiger partial charge on any atom is 0.264 e. The molecule has 7 nitrogen and oxygen atoms in total. The Balaban J connectivity index is 2.06. The highest BCUT2D eigenvalue weighted by Gasteiger charge is 2.33. The monoisotopic (exact) mass is 599 g/mol. The molecule has 0 bridgehead atoms. The Morgan fingerprint density at radius 1 is 0.947 bits per heavy atom. The summed E-state index contributed by atoms with van der Waals surface area (Å²) in [4.78, 5) is 28.7. The fourth-order valence-corrected chi connectivity index (χ4v) is 6.00. The van der Waals surface area contributed by atoms with Crippen LogP contribution in [0.2, 0.25) is 0 Å². The zero-order valence-corrected chi connectivity index (χ0v) is 24.5. The molecule has 9 heteroatoms. The van der Waals surface area contributed by atoms with Crippen LogP contribution in [-0.2, 0) is 26.2 Å². The van der Waals surface area contributed by atoms with Crippen LogP contribution in [0.5, 0.6) is 0 Å². The van der Waals surface area contributed by atoms with E-state index in [-0.39, 0.29) is 23.4 Å². The number of sulfonamides is 1. The molecule has 0 saturated heterocycles. The van der Waals surface area contributed by atoms with Crippen molar-refractivity contribution in [3.63, 3.8) is 0 Å². The lowest BCUT2D eigenvalue weighted by Gasteiger charge is -2.33. The molecule has 2 amide bonds. The first-order valence-electron chi connectivity index (χ1n) is 12.5. The second-order valence-electron chi connectivity index (χ2n) is 9.40. The van der Waals surface area contributed by atoms with Gasteiger partial charge in [-0.1, -0.05) is 76.9 Å². The van der Waals surface area contributed by atoms with E-state index in [1.165, 1.54) is 17.0 Å². The van der Waals surface area contributed by atoms with E-state index in [4.69, 9.17) is 0 Å². The highest BCUT2D eigenvalue weighted by atomic mass is 79.9. The summed E-state index contributed by atoms with van der Waals surface area (Å²) in [5.41, 5.74) is 2.22. The minimum absolute atomic E-state index is 0.0719. The van der Waals surface area contributed by atoms with Crippen LogP contribution in [0.1, 0.15) is 38.3 Å². The predicted molar refractivity (Wildman–Crippen MR) is 154 cm³/mol. The molecule has 3 aromatic rings. The maximum absolute atomic E-state index is 14.0. The predicted octanol–water partition coefficient (Wildman–Crippen LogP) is 5.28. The number of halogens is 1. The van der Waals surface area contributed by atoms with Gasteiger partial charge >= 0.3 is 0 Å². The summed E-state index contributed by atoms with van der Waals surface area (Å²) in [5, 5.41) is 2.90. The number of nitrogens with one attached hydrogen (secondary N) is 1. The molecule has 0 fully saturated rings. The SMILES string of the molecule is CCC(C(=O)NC(C)C)N(Cc1cccc(C)c1)C(=O)CN(c1cccc(Br)c1)S(=O)(=O)c1ccccc1. The minimum Gasteiger partial charge on any atom is -0.352 e. The lowest BCUT2D eigenvalue weighted by atomic mass is 10.1. The molecule has 0 heterocycles. The number of hydrogen-bond acceptors (Lipinski definition) is 4. The number of amides is 2. The van der Waals surface area contributed by atoms with Gasteiger partial charge in [-0.15, -0.1) is 0 Å². The molecule has 202 valence electrons. The van der Waals surface area contributed by atoms with Crippen molar-refractivity contribution < 1.29 is 18.0 Å². The highest BCUT2D eigenvalue weighted by Crippen LogP contribution is 2.27. The molecule has 1 unspecified atom stereocenters. The van der Waals surface area contributed by atoms with E-state index in [0.717, 1.165) is 15.4 Å². The summed E-state index contributed by atoms with van der Waals surface area (Å²) in [7, 11) is -4.09. The van der Waals surface area contributed by atoms with E-state index >= 15 is 0 Å². The van der Waals surface area contributed by atoms with Crippen LogP contribution in [0.4, 0.5) is 5.69 Å². The molecule has 0 aliphatic heterocycles. The second kappa shape index (κ2) is 13.1. The number of rotatable bonds is 11. The van der Waals surface area contributed by atoms with Crippen molar-refractivity contribution in [3.8, 4) is 0 Å². The lowest BCUT2D eigenvalue weighted by molar-refractivity contribution is -0.140. The molecule has 1 N–H and O–H groups in total. The normalized spacial score (nSPS) is 12.2. The third kappa shape index (κ3) is 7.45. The Morgan fingerprint density at radius 3 is 2.24 bits per heavy atom. The molecule has 0 aromatic heterocycles. The number of nitrogens with zero attached hydrogens (tertiary/aromatic N) is 2. The minimum atomic E-state index is -4.09. The van der Waals surface area contributed by atoms with Gasteiger partial charge in [0.25, 0.3) is 10.0 Å². The molecule has 0 spiro atoms. The summed E-state index contributed by atoms with van der Waals surface area (Å²) >= 11 is 3.41. The lowest BCUT2D eigenvalue weighted by Crippen LogP contribution is -2.53. The van der Waals surface area contributed by atoms with Crippen molar-refractivity contribution in [2.24, 2.45) is 0 Å². The van der Waals surface area contributed by atoms with Crippen molar-refractivity contribution in [2.45, 2.75) is 57.6 Å².